The molecule has 0 aliphatic carbocycles. The second-order valence-electron chi connectivity index (χ2n) is 4.51. The van der Waals surface area contributed by atoms with Gasteiger partial charge < -0.3 is 0 Å². The quantitative estimate of drug-likeness (QED) is 0.360. The lowest BCUT2D eigenvalue weighted by molar-refractivity contribution is -0.384. The summed E-state index contributed by atoms with van der Waals surface area (Å²) in [7, 11) is 0. The van der Waals surface area contributed by atoms with Gasteiger partial charge in [-0.05, 0) is 60.5 Å². The molecule has 2 aromatic rings. The Hall–Kier alpha value is -2.46. The molecule has 0 aromatic heterocycles. The fraction of sp³-hybridized carbons (Fsp3) is 0.0625. The molecular formula is C16H12ClNO3. The molecule has 106 valence electrons. The number of halogens is 1. The van der Waals surface area contributed by atoms with Gasteiger partial charge in [-0.1, -0.05) is 11.6 Å². The first-order chi connectivity index (χ1) is 9.97. The maximum atomic E-state index is 12.2. The van der Waals surface area contributed by atoms with Gasteiger partial charge in [0.1, 0.15) is 0 Å². The smallest absolute Gasteiger partial charge is 0.269 e. The molecule has 0 saturated carbocycles. The van der Waals surface area contributed by atoms with Gasteiger partial charge in [-0.15, -0.1) is 0 Å². The zero-order chi connectivity index (χ0) is 15.4. The van der Waals surface area contributed by atoms with Gasteiger partial charge in [-0.3, -0.25) is 14.9 Å². The monoisotopic (exact) mass is 301 g/mol. The third kappa shape index (κ3) is 3.77. The van der Waals surface area contributed by atoms with Gasteiger partial charge in [-0.25, -0.2) is 0 Å². The molecule has 0 unspecified atom stereocenters. The molecule has 0 fully saturated rings. The molecule has 4 nitrogen and oxygen atoms in total. The van der Waals surface area contributed by atoms with Crippen molar-refractivity contribution in [1.82, 2.24) is 0 Å². The number of carbonyl (C=O) groups excluding carboxylic acids is 1. The molecule has 0 amide bonds. The van der Waals surface area contributed by atoms with Crippen molar-refractivity contribution in [2.24, 2.45) is 0 Å². The van der Waals surface area contributed by atoms with Crippen LogP contribution in [-0.4, -0.2) is 10.7 Å². The topological polar surface area (TPSA) is 60.2 Å². The number of benzene rings is 2. The maximum Gasteiger partial charge on any atom is 0.269 e. The third-order valence-electron chi connectivity index (χ3n) is 2.95. The number of hydrogen-bond donors (Lipinski definition) is 0. The van der Waals surface area contributed by atoms with Crippen molar-refractivity contribution in [2.75, 3.05) is 0 Å². The molecule has 0 saturated heterocycles. The highest BCUT2D eigenvalue weighted by Gasteiger charge is 2.09. The predicted octanol–water partition coefficient (Wildman–Crippen LogP) is 4.53. The van der Waals surface area contributed by atoms with E-state index >= 15 is 0 Å². The molecule has 5 heteroatoms. The fourth-order valence-corrected chi connectivity index (χ4v) is 1.96. The van der Waals surface area contributed by atoms with Gasteiger partial charge in [0.05, 0.1) is 4.92 Å². The second-order valence-corrected chi connectivity index (χ2v) is 4.95. The van der Waals surface area contributed by atoms with E-state index in [1.165, 1.54) is 12.1 Å². The molecule has 21 heavy (non-hydrogen) atoms. The number of allylic oxidation sites excluding steroid dienone is 1. The van der Waals surface area contributed by atoms with Crippen molar-refractivity contribution in [1.29, 1.82) is 0 Å². The van der Waals surface area contributed by atoms with Crippen LogP contribution in [0.5, 0.6) is 0 Å². The van der Waals surface area contributed by atoms with Crippen molar-refractivity contribution in [3.05, 3.63) is 80.4 Å². The van der Waals surface area contributed by atoms with E-state index in [9.17, 15) is 14.9 Å². The Morgan fingerprint density at radius 3 is 2.19 bits per heavy atom. The molecule has 0 radical (unpaired) electrons. The maximum absolute atomic E-state index is 12.2. The predicted molar refractivity (Wildman–Crippen MR) is 82.5 cm³/mol. The number of hydrogen-bond acceptors (Lipinski definition) is 3. The summed E-state index contributed by atoms with van der Waals surface area (Å²) in [6.07, 6.45) is 1.70. The lowest BCUT2D eigenvalue weighted by atomic mass is 10.0. The normalized spacial score (nSPS) is 11.2. The number of carbonyl (C=O) groups is 1. The minimum atomic E-state index is -0.459. The molecule has 0 atom stereocenters. The van der Waals surface area contributed by atoms with Crippen LogP contribution in [0.1, 0.15) is 22.8 Å². The van der Waals surface area contributed by atoms with Crippen LogP contribution in [0.15, 0.2) is 54.1 Å². The third-order valence-corrected chi connectivity index (χ3v) is 3.20. The van der Waals surface area contributed by atoms with E-state index in [-0.39, 0.29) is 11.5 Å². The van der Waals surface area contributed by atoms with E-state index in [0.717, 1.165) is 5.56 Å². The highest BCUT2D eigenvalue weighted by molar-refractivity contribution is 6.30. The highest BCUT2D eigenvalue weighted by Crippen LogP contribution is 2.17. The van der Waals surface area contributed by atoms with Crippen LogP contribution in [0.2, 0.25) is 5.02 Å². The summed E-state index contributed by atoms with van der Waals surface area (Å²) in [5, 5.41) is 11.2. The Morgan fingerprint density at radius 2 is 1.67 bits per heavy atom. The molecule has 0 N–H and O–H groups in total. The molecule has 0 aliphatic rings. The van der Waals surface area contributed by atoms with Crippen LogP contribution in [0, 0.1) is 10.1 Å². The van der Waals surface area contributed by atoms with Gasteiger partial charge in [0.25, 0.3) is 5.69 Å². The minimum absolute atomic E-state index is 0.0221. The Bertz CT molecular complexity index is 703. The fourth-order valence-electron chi connectivity index (χ4n) is 1.84. The number of nitro groups is 1. The summed E-state index contributed by atoms with van der Waals surface area (Å²) < 4.78 is 0. The lowest BCUT2D eigenvalue weighted by Gasteiger charge is -2.02. The minimum Gasteiger partial charge on any atom is -0.289 e. The number of nitro benzene ring substituents is 1. The number of nitrogens with zero attached hydrogens (tertiary/aromatic N) is 1. The van der Waals surface area contributed by atoms with Crippen LogP contribution in [0.3, 0.4) is 0 Å². The summed E-state index contributed by atoms with van der Waals surface area (Å²) in [4.78, 5) is 22.3. The first-order valence-electron chi connectivity index (χ1n) is 6.20. The van der Waals surface area contributed by atoms with Crippen molar-refractivity contribution >= 4 is 29.1 Å². The molecule has 2 rings (SSSR count). The van der Waals surface area contributed by atoms with Gasteiger partial charge in [0, 0.05) is 22.7 Å². The zero-order valence-corrected chi connectivity index (χ0v) is 12.0. The van der Waals surface area contributed by atoms with Crippen molar-refractivity contribution in [2.45, 2.75) is 6.92 Å². The van der Waals surface area contributed by atoms with Crippen LogP contribution < -0.4 is 0 Å². The summed E-state index contributed by atoms with van der Waals surface area (Å²) in [6.45, 7) is 1.71. The molecule has 0 aliphatic heterocycles. The summed E-state index contributed by atoms with van der Waals surface area (Å²) >= 11 is 5.79. The Balaban J connectivity index is 2.21. The average Bonchev–Trinajstić information content (AvgIpc) is 2.47. The van der Waals surface area contributed by atoms with E-state index in [2.05, 4.69) is 0 Å². The van der Waals surface area contributed by atoms with Crippen LogP contribution >= 0.6 is 11.6 Å². The molecule has 0 bridgehead atoms. The van der Waals surface area contributed by atoms with E-state index in [0.29, 0.717) is 16.2 Å². The summed E-state index contributed by atoms with van der Waals surface area (Å²) in [6, 6.07) is 12.7. The molecule has 0 spiro atoms. The molecule has 2 aromatic carbocycles. The van der Waals surface area contributed by atoms with Crippen molar-refractivity contribution in [3.8, 4) is 0 Å². The van der Waals surface area contributed by atoms with Crippen molar-refractivity contribution in [3.63, 3.8) is 0 Å². The molecule has 0 heterocycles. The van der Waals surface area contributed by atoms with Crippen LogP contribution in [-0.2, 0) is 0 Å². The Labute approximate surface area is 126 Å². The van der Waals surface area contributed by atoms with E-state index < -0.39 is 4.92 Å². The second kappa shape index (κ2) is 6.33. The number of Topliss-reactive ketones (excluding diaryl/α,β-unsaturated/α-hetero) is 1. The van der Waals surface area contributed by atoms with E-state index in [1.54, 1.807) is 49.4 Å². The van der Waals surface area contributed by atoms with E-state index in [1.807, 2.05) is 0 Å². The summed E-state index contributed by atoms with van der Waals surface area (Å²) in [5.74, 6) is -0.106. The zero-order valence-electron chi connectivity index (χ0n) is 11.2. The summed E-state index contributed by atoms with van der Waals surface area (Å²) in [5.41, 5.74) is 1.86. The van der Waals surface area contributed by atoms with Gasteiger partial charge >= 0.3 is 0 Å². The highest BCUT2D eigenvalue weighted by atomic mass is 35.5. The van der Waals surface area contributed by atoms with Crippen molar-refractivity contribution < 1.29 is 9.72 Å². The Kier molecular flexibility index (Phi) is 4.50. The van der Waals surface area contributed by atoms with Crippen LogP contribution in [0.25, 0.3) is 6.08 Å². The lowest BCUT2D eigenvalue weighted by Crippen LogP contribution is -2.00. The van der Waals surface area contributed by atoms with Gasteiger partial charge in [0.15, 0.2) is 5.78 Å². The number of rotatable bonds is 4. The largest absolute Gasteiger partial charge is 0.289 e. The molecular weight excluding hydrogens is 290 g/mol. The Morgan fingerprint density at radius 1 is 1.10 bits per heavy atom. The van der Waals surface area contributed by atoms with E-state index in [4.69, 9.17) is 11.6 Å². The number of ketones is 1. The number of non-ortho nitro benzene ring substituents is 1. The SMILES string of the molecule is C/C(=C\c1ccc([N+](=O)[O-])cc1)C(=O)c1ccc(Cl)cc1. The van der Waals surface area contributed by atoms with Crippen LogP contribution in [0.4, 0.5) is 5.69 Å². The van der Waals surface area contributed by atoms with Gasteiger partial charge in [0.2, 0.25) is 0 Å². The first kappa shape index (κ1) is 14.9. The standard InChI is InChI=1S/C16H12ClNO3/c1-11(16(19)13-4-6-14(17)7-5-13)10-12-2-8-15(9-3-12)18(20)21/h2-10H,1H3/b11-10+. The van der Waals surface area contributed by atoms with Gasteiger partial charge in [-0.2, -0.15) is 0 Å². The first-order valence-corrected chi connectivity index (χ1v) is 6.58. The average molecular weight is 302 g/mol.